The van der Waals surface area contributed by atoms with E-state index in [0.717, 1.165) is 29.8 Å². The van der Waals surface area contributed by atoms with Crippen LogP contribution >= 0.6 is 11.6 Å². The number of carbonyl (C=O) groups excluding carboxylic acids is 1. The molecule has 1 aliphatic rings. The lowest BCUT2D eigenvalue weighted by molar-refractivity contribution is 0.0942. The predicted molar refractivity (Wildman–Crippen MR) is 83.6 cm³/mol. The van der Waals surface area contributed by atoms with Crippen LogP contribution in [0.2, 0.25) is 5.02 Å². The highest BCUT2D eigenvalue weighted by Gasteiger charge is 2.20. The van der Waals surface area contributed by atoms with Gasteiger partial charge in [0.25, 0.3) is 0 Å². The number of aryl methyl sites for hydroxylation is 2. The standard InChI is InChI=1S/C16H18ClN3O2/c1-12-7-13(9-14(17)8-12)11-22-16(21)19-5-2-6-20-15(10-19)3-4-18-20/h3-4,7-9H,2,5-6,10-11H2,1H3. The number of carbonyl (C=O) groups is 1. The van der Waals surface area contributed by atoms with Crippen LogP contribution in [0.5, 0.6) is 0 Å². The van der Waals surface area contributed by atoms with Crippen LogP contribution in [0.15, 0.2) is 30.5 Å². The molecule has 1 aliphatic heterocycles. The van der Waals surface area contributed by atoms with Crippen molar-refractivity contribution in [1.29, 1.82) is 0 Å². The molecule has 0 radical (unpaired) electrons. The lowest BCUT2D eigenvalue weighted by Gasteiger charge is -2.19. The van der Waals surface area contributed by atoms with Gasteiger partial charge < -0.3 is 9.64 Å². The first kappa shape index (κ1) is 14.9. The van der Waals surface area contributed by atoms with Crippen LogP contribution in [0.4, 0.5) is 4.79 Å². The summed E-state index contributed by atoms with van der Waals surface area (Å²) in [4.78, 5) is 14.0. The normalized spacial score (nSPS) is 14.4. The van der Waals surface area contributed by atoms with Gasteiger partial charge in [-0.05, 0) is 42.7 Å². The third-order valence-electron chi connectivity index (χ3n) is 3.68. The molecular weight excluding hydrogens is 302 g/mol. The summed E-state index contributed by atoms with van der Waals surface area (Å²) in [5.41, 5.74) is 2.99. The van der Waals surface area contributed by atoms with E-state index < -0.39 is 0 Å². The molecular formula is C16H18ClN3O2. The minimum atomic E-state index is -0.299. The van der Waals surface area contributed by atoms with Gasteiger partial charge in [-0.15, -0.1) is 0 Å². The van der Waals surface area contributed by atoms with Crippen molar-refractivity contribution in [2.45, 2.75) is 33.0 Å². The molecule has 3 rings (SSSR count). The van der Waals surface area contributed by atoms with Crippen molar-refractivity contribution in [3.8, 4) is 0 Å². The first-order valence-corrected chi connectivity index (χ1v) is 7.68. The van der Waals surface area contributed by atoms with Crippen LogP contribution < -0.4 is 0 Å². The zero-order chi connectivity index (χ0) is 15.5. The smallest absolute Gasteiger partial charge is 0.410 e. The van der Waals surface area contributed by atoms with Gasteiger partial charge in [0, 0.05) is 24.3 Å². The minimum Gasteiger partial charge on any atom is -0.445 e. The van der Waals surface area contributed by atoms with Crippen LogP contribution in [-0.4, -0.2) is 27.3 Å². The summed E-state index contributed by atoms with van der Waals surface area (Å²) in [6, 6.07) is 7.60. The summed E-state index contributed by atoms with van der Waals surface area (Å²) in [5, 5.41) is 4.90. The van der Waals surface area contributed by atoms with Crippen molar-refractivity contribution in [3.63, 3.8) is 0 Å². The third kappa shape index (κ3) is 3.42. The quantitative estimate of drug-likeness (QED) is 0.852. The summed E-state index contributed by atoms with van der Waals surface area (Å²) in [7, 11) is 0. The largest absolute Gasteiger partial charge is 0.445 e. The fourth-order valence-electron chi connectivity index (χ4n) is 2.67. The molecule has 0 aliphatic carbocycles. The zero-order valence-corrected chi connectivity index (χ0v) is 13.2. The Morgan fingerprint density at radius 3 is 3.05 bits per heavy atom. The van der Waals surface area contributed by atoms with Crippen molar-refractivity contribution >= 4 is 17.7 Å². The van der Waals surface area contributed by atoms with Crippen LogP contribution in [0, 0.1) is 6.92 Å². The summed E-state index contributed by atoms with van der Waals surface area (Å²) < 4.78 is 7.36. The molecule has 0 fully saturated rings. The third-order valence-corrected chi connectivity index (χ3v) is 3.90. The van der Waals surface area contributed by atoms with E-state index in [1.54, 1.807) is 11.1 Å². The van der Waals surface area contributed by atoms with Crippen molar-refractivity contribution in [3.05, 3.63) is 52.3 Å². The Hall–Kier alpha value is -2.01. The number of benzene rings is 1. The summed E-state index contributed by atoms with van der Waals surface area (Å²) in [5.74, 6) is 0. The minimum absolute atomic E-state index is 0.232. The predicted octanol–water partition coefficient (Wildman–Crippen LogP) is 3.39. The number of halogens is 1. The molecule has 0 N–H and O–H groups in total. The molecule has 1 aromatic carbocycles. The van der Waals surface area contributed by atoms with E-state index in [0.29, 0.717) is 18.1 Å². The first-order valence-electron chi connectivity index (χ1n) is 7.30. The molecule has 116 valence electrons. The van der Waals surface area contributed by atoms with Crippen LogP contribution in [0.1, 0.15) is 23.2 Å². The molecule has 0 saturated carbocycles. The molecule has 2 heterocycles. The van der Waals surface area contributed by atoms with Gasteiger partial charge >= 0.3 is 6.09 Å². The number of hydrogen-bond acceptors (Lipinski definition) is 3. The first-order chi connectivity index (χ1) is 10.6. The van der Waals surface area contributed by atoms with E-state index in [1.165, 1.54) is 0 Å². The second-order valence-corrected chi connectivity index (χ2v) is 5.95. The average molecular weight is 320 g/mol. The number of ether oxygens (including phenoxy) is 1. The van der Waals surface area contributed by atoms with E-state index in [2.05, 4.69) is 5.10 Å². The van der Waals surface area contributed by atoms with Gasteiger partial charge in [0.05, 0.1) is 12.2 Å². The SMILES string of the molecule is Cc1cc(Cl)cc(COC(=O)N2CCCn3nccc3C2)c1. The molecule has 22 heavy (non-hydrogen) atoms. The highest BCUT2D eigenvalue weighted by atomic mass is 35.5. The topological polar surface area (TPSA) is 47.4 Å². The maximum atomic E-state index is 12.3. The Morgan fingerprint density at radius 2 is 2.23 bits per heavy atom. The maximum Gasteiger partial charge on any atom is 0.410 e. The Labute approximate surface area is 134 Å². The van der Waals surface area contributed by atoms with Gasteiger partial charge in [0.1, 0.15) is 6.61 Å². The Kier molecular flexibility index (Phi) is 4.34. The number of amides is 1. The molecule has 0 atom stereocenters. The molecule has 6 heteroatoms. The van der Waals surface area contributed by atoms with Gasteiger partial charge in [-0.2, -0.15) is 5.10 Å². The number of nitrogens with zero attached hydrogens (tertiary/aromatic N) is 3. The molecule has 1 aromatic heterocycles. The van der Waals surface area contributed by atoms with Crippen LogP contribution in [0.25, 0.3) is 0 Å². The molecule has 5 nitrogen and oxygen atoms in total. The fourth-order valence-corrected chi connectivity index (χ4v) is 2.98. The summed E-state index contributed by atoms with van der Waals surface area (Å²) >= 11 is 6.02. The van der Waals surface area contributed by atoms with E-state index in [1.807, 2.05) is 35.9 Å². The maximum absolute atomic E-state index is 12.3. The second-order valence-electron chi connectivity index (χ2n) is 5.51. The van der Waals surface area contributed by atoms with Gasteiger partial charge in [0.15, 0.2) is 0 Å². The fraction of sp³-hybridized carbons (Fsp3) is 0.375. The Balaban J connectivity index is 1.62. The van der Waals surface area contributed by atoms with Crippen LogP contribution in [0.3, 0.4) is 0 Å². The van der Waals surface area contributed by atoms with E-state index >= 15 is 0 Å². The van der Waals surface area contributed by atoms with Crippen molar-refractivity contribution in [1.82, 2.24) is 14.7 Å². The van der Waals surface area contributed by atoms with E-state index in [4.69, 9.17) is 16.3 Å². The van der Waals surface area contributed by atoms with Crippen molar-refractivity contribution in [2.24, 2.45) is 0 Å². The zero-order valence-electron chi connectivity index (χ0n) is 12.5. The highest BCUT2D eigenvalue weighted by molar-refractivity contribution is 6.30. The second kappa shape index (κ2) is 6.40. The lowest BCUT2D eigenvalue weighted by atomic mass is 10.1. The Morgan fingerprint density at radius 1 is 1.36 bits per heavy atom. The number of hydrogen-bond donors (Lipinski definition) is 0. The molecule has 2 aromatic rings. The van der Waals surface area contributed by atoms with Gasteiger partial charge in [0.2, 0.25) is 0 Å². The molecule has 0 unspecified atom stereocenters. The Bertz CT molecular complexity index is 664. The molecule has 0 saturated heterocycles. The monoisotopic (exact) mass is 319 g/mol. The number of fused-ring (bicyclic) bond motifs is 1. The highest BCUT2D eigenvalue weighted by Crippen LogP contribution is 2.17. The average Bonchev–Trinajstić information content (AvgIpc) is 2.81. The summed E-state index contributed by atoms with van der Waals surface area (Å²) in [6.45, 7) is 4.24. The van der Waals surface area contributed by atoms with E-state index in [9.17, 15) is 4.79 Å². The number of rotatable bonds is 2. The lowest BCUT2D eigenvalue weighted by Crippen LogP contribution is -2.31. The number of aromatic nitrogens is 2. The molecule has 0 spiro atoms. The molecule has 0 bridgehead atoms. The van der Waals surface area contributed by atoms with Gasteiger partial charge in [-0.3, -0.25) is 4.68 Å². The summed E-state index contributed by atoms with van der Waals surface area (Å²) in [6.07, 6.45) is 2.34. The van der Waals surface area contributed by atoms with Crippen LogP contribution in [-0.2, 0) is 24.4 Å². The van der Waals surface area contributed by atoms with Gasteiger partial charge in [-0.1, -0.05) is 17.7 Å². The molecule has 1 amide bonds. The van der Waals surface area contributed by atoms with Crippen molar-refractivity contribution < 1.29 is 9.53 Å². The van der Waals surface area contributed by atoms with E-state index in [-0.39, 0.29) is 12.7 Å². The van der Waals surface area contributed by atoms with Crippen molar-refractivity contribution in [2.75, 3.05) is 6.54 Å². The van der Waals surface area contributed by atoms with Gasteiger partial charge in [-0.25, -0.2) is 4.79 Å².